The molecule has 102 valence electrons. The van der Waals surface area contributed by atoms with Gasteiger partial charge in [-0.2, -0.15) is 11.8 Å². The molecule has 1 nitrogen and oxygen atoms in total. The van der Waals surface area contributed by atoms with Crippen LogP contribution in [0.25, 0.3) is 0 Å². The third-order valence-electron chi connectivity index (χ3n) is 3.08. The highest BCUT2D eigenvalue weighted by Gasteiger charge is 2.23. The fraction of sp³-hybridized carbons (Fsp3) is 0.625. The highest BCUT2D eigenvalue weighted by atomic mass is 32.2. The van der Waals surface area contributed by atoms with Gasteiger partial charge in [0, 0.05) is 17.5 Å². The molecule has 2 heteroatoms. The average molecular weight is 265 g/mol. The number of thioether (sulfide) groups is 1. The largest absolute Gasteiger partial charge is 0.313 e. The molecule has 1 N–H and O–H groups in total. The maximum atomic E-state index is 3.67. The van der Waals surface area contributed by atoms with E-state index >= 15 is 0 Å². The third kappa shape index (κ3) is 5.92. The van der Waals surface area contributed by atoms with Crippen molar-refractivity contribution in [3.8, 4) is 0 Å². The lowest BCUT2D eigenvalue weighted by molar-refractivity contribution is 0.292. The molecule has 0 heterocycles. The number of benzene rings is 1. The molecule has 1 aromatic rings. The number of nitrogens with one attached hydrogen (secondary N) is 1. The molecule has 0 spiro atoms. The van der Waals surface area contributed by atoms with E-state index in [0.29, 0.717) is 11.5 Å². The Morgan fingerprint density at radius 1 is 1.17 bits per heavy atom. The monoisotopic (exact) mass is 265 g/mol. The van der Waals surface area contributed by atoms with Gasteiger partial charge in [0.15, 0.2) is 0 Å². The van der Waals surface area contributed by atoms with E-state index in [0.717, 1.165) is 12.3 Å². The van der Waals surface area contributed by atoms with Crippen molar-refractivity contribution in [1.82, 2.24) is 5.32 Å². The Balaban J connectivity index is 2.38. The summed E-state index contributed by atoms with van der Waals surface area (Å²) >= 11 is 2.03. The van der Waals surface area contributed by atoms with Gasteiger partial charge in [0.1, 0.15) is 0 Å². The van der Waals surface area contributed by atoms with E-state index in [9.17, 15) is 0 Å². The summed E-state index contributed by atoms with van der Waals surface area (Å²) in [6.45, 7) is 10.3. The molecule has 0 aliphatic carbocycles. The van der Waals surface area contributed by atoms with E-state index in [-0.39, 0.29) is 0 Å². The quantitative estimate of drug-likeness (QED) is 0.787. The van der Waals surface area contributed by atoms with Crippen molar-refractivity contribution in [3.63, 3.8) is 0 Å². The lowest BCUT2D eigenvalue weighted by Crippen LogP contribution is -2.42. The lowest BCUT2D eigenvalue weighted by atomic mass is 9.88. The summed E-state index contributed by atoms with van der Waals surface area (Å²) in [7, 11) is 0. The predicted octanol–water partition coefficient (Wildman–Crippen LogP) is 4.33. The Morgan fingerprint density at radius 2 is 1.83 bits per heavy atom. The van der Waals surface area contributed by atoms with Crippen molar-refractivity contribution >= 4 is 11.8 Å². The first kappa shape index (κ1) is 15.6. The van der Waals surface area contributed by atoms with Crippen molar-refractivity contribution in [2.75, 3.05) is 12.3 Å². The Morgan fingerprint density at radius 3 is 2.39 bits per heavy atom. The van der Waals surface area contributed by atoms with E-state index in [1.54, 1.807) is 0 Å². The van der Waals surface area contributed by atoms with E-state index in [1.165, 1.54) is 17.7 Å². The maximum Gasteiger partial charge on any atom is 0.0206 e. The van der Waals surface area contributed by atoms with Crippen molar-refractivity contribution in [1.29, 1.82) is 0 Å². The van der Waals surface area contributed by atoms with Gasteiger partial charge in [0.05, 0.1) is 0 Å². The molecule has 0 radical (unpaired) electrons. The normalized spacial score (nSPS) is 13.6. The minimum absolute atomic E-state index is 0.332. The van der Waals surface area contributed by atoms with Gasteiger partial charge in [0.25, 0.3) is 0 Å². The van der Waals surface area contributed by atoms with Gasteiger partial charge in [0.2, 0.25) is 0 Å². The summed E-state index contributed by atoms with van der Waals surface area (Å²) in [6, 6.07) is 11.3. The van der Waals surface area contributed by atoms with Crippen LogP contribution in [-0.2, 0) is 5.75 Å². The van der Waals surface area contributed by atoms with Crippen molar-refractivity contribution in [2.24, 2.45) is 5.41 Å². The SMILES string of the molecule is CCCNC(CSCc1ccccc1)C(C)(C)C. The van der Waals surface area contributed by atoms with Crippen molar-refractivity contribution < 1.29 is 0 Å². The van der Waals surface area contributed by atoms with Gasteiger partial charge in [-0.15, -0.1) is 0 Å². The minimum Gasteiger partial charge on any atom is -0.313 e. The van der Waals surface area contributed by atoms with Gasteiger partial charge < -0.3 is 5.32 Å². The van der Waals surface area contributed by atoms with Gasteiger partial charge in [-0.25, -0.2) is 0 Å². The maximum absolute atomic E-state index is 3.67. The second-order valence-corrected chi connectivity index (χ2v) is 6.90. The summed E-state index contributed by atoms with van der Waals surface area (Å²) in [5, 5.41) is 3.67. The molecule has 0 amide bonds. The molecule has 0 saturated heterocycles. The van der Waals surface area contributed by atoms with Crippen LogP contribution in [0.2, 0.25) is 0 Å². The Hall–Kier alpha value is -0.470. The van der Waals surface area contributed by atoms with Crippen LogP contribution in [0.4, 0.5) is 0 Å². The topological polar surface area (TPSA) is 12.0 Å². The molecule has 0 bridgehead atoms. The zero-order chi connectivity index (χ0) is 13.4. The van der Waals surface area contributed by atoms with E-state index in [2.05, 4.69) is 63.3 Å². The van der Waals surface area contributed by atoms with E-state index in [4.69, 9.17) is 0 Å². The van der Waals surface area contributed by atoms with Crippen LogP contribution >= 0.6 is 11.8 Å². The summed E-state index contributed by atoms with van der Waals surface area (Å²) in [4.78, 5) is 0. The van der Waals surface area contributed by atoms with Gasteiger partial charge in [-0.05, 0) is 23.9 Å². The fourth-order valence-electron chi connectivity index (χ4n) is 1.80. The third-order valence-corrected chi connectivity index (χ3v) is 4.19. The predicted molar refractivity (Wildman–Crippen MR) is 84.1 cm³/mol. The van der Waals surface area contributed by atoms with Gasteiger partial charge in [-0.1, -0.05) is 58.0 Å². The smallest absolute Gasteiger partial charge is 0.0206 e. The first-order valence-corrected chi connectivity index (χ1v) is 8.04. The van der Waals surface area contributed by atoms with Crippen LogP contribution in [0.3, 0.4) is 0 Å². The zero-order valence-electron chi connectivity index (χ0n) is 12.2. The Labute approximate surface area is 117 Å². The Kier molecular flexibility index (Phi) is 6.80. The van der Waals surface area contributed by atoms with Gasteiger partial charge in [-0.3, -0.25) is 0 Å². The highest BCUT2D eigenvalue weighted by molar-refractivity contribution is 7.98. The molecule has 1 unspecified atom stereocenters. The molecule has 0 aliphatic rings. The van der Waals surface area contributed by atoms with Crippen LogP contribution in [0.1, 0.15) is 39.7 Å². The second kappa shape index (κ2) is 7.85. The number of rotatable bonds is 7. The molecule has 18 heavy (non-hydrogen) atoms. The molecule has 0 saturated carbocycles. The molecule has 1 aromatic carbocycles. The zero-order valence-corrected chi connectivity index (χ0v) is 13.0. The van der Waals surface area contributed by atoms with Crippen LogP contribution in [0.15, 0.2) is 30.3 Å². The molecule has 0 fully saturated rings. The average Bonchev–Trinajstić information content (AvgIpc) is 2.33. The molecule has 1 rings (SSSR count). The first-order valence-electron chi connectivity index (χ1n) is 6.89. The van der Waals surface area contributed by atoms with Gasteiger partial charge >= 0.3 is 0 Å². The summed E-state index contributed by atoms with van der Waals surface area (Å²) in [6.07, 6.45) is 1.20. The Bertz CT molecular complexity index is 316. The summed E-state index contributed by atoms with van der Waals surface area (Å²) in [5.74, 6) is 2.29. The van der Waals surface area contributed by atoms with Crippen molar-refractivity contribution in [3.05, 3.63) is 35.9 Å². The minimum atomic E-state index is 0.332. The molecular formula is C16H27NS. The fourth-order valence-corrected chi connectivity index (χ4v) is 3.20. The first-order chi connectivity index (χ1) is 8.54. The highest BCUT2D eigenvalue weighted by Crippen LogP contribution is 2.24. The lowest BCUT2D eigenvalue weighted by Gasteiger charge is -2.31. The molecule has 1 atom stereocenters. The standard InChI is InChI=1S/C16H27NS/c1-5-11-17-15(16(2,3)4)13-18-12-14-9-7-6-8-10-14/h6-10,15,17H,5,11-13H2,1-4H3. The van der Waals surface area contributed by atoms with Crippen LogP contribution in [0.5, 0.6) is 0 Å². The summed E-state index contributed by atoms with van der Waals surface area (Å²) in [5.41, 5.74) is 1.75. The molecule has 0 aliphatic heterocycles. The van der Waals surface area contributed by atoms with Crippen molar-refractivity contribution in [2.45, 2.75) is 45.9 Å². The number of hydrogen-bond acceptors (Lipinski definition) is 2. The van der Waals surface area contributed by atoms with Crippen LogP contribution in [-0.4, -0.2) is 18.3 Å². The van der Waals surface area contributed by atoms with E-state index < -0.39 is 0 Å². The molecule has 0 aromatic heterocycles. The van der Waals surface area contributed by atoms with Crippen LogP contribution < -0.4 is 5.32 Å². The summed E-state index contributed by atoms with van der Waals surface area (Å²) < 4.78 is 0. The number of hydrogen-bond donors (Lipinski definition) is 1. The second-order valence-electron chi connectivity index (χ2n) is 5.87. The van der Waals surface area contributed by atoms with Crippen LogP contribution in [0, 0.1) is 5.41 Å². The molecular weight excluding hydrogens is 238 g/mol. The van der Waals surface area contributed by atoms with E-state index in [1.807, 2.05) is 11.8 Å².